The van der Waals surface area contributed by atoms with Crippen LogP contribution in [0.5, 0.6) is 0 Å². The minimum absolute atomic E-state index is 0.868. The topological polar surface area (TPSA) is 104 Å². The first-order valence-electron chi connectivity index (χ1n) is 3.40. The minimum atomic E-state index is -4.64. The third kappa shape index (κ3) is 9.04. The number of nitrogens with two attached hydrogens (primary N) is 1. The molecule has 0 heterocycles. The zero-order valence-corrected chi connectivity index (χ0v) is 7.98. The molecule has 74 valence electrons. The van der Waals surface area contributed by atoms with E-state index in [1.54, 1.807) is 0 Å². The molecule has 1 aromatic rings. The summed E-state index contributed by atoms with van der Waals surface area (Å²) in [5.41, 5.74) is 7.53. The van der Waals surface area contributed by atoms with Gasteiger partial charge in [-0.3, -0.25) is 0 Å². The molecule has 1 rings (SSSR count). The Morgan fingerprint density at radius 2 is 1.62 bits per heavy atom. The molecule has 0 amide bonds. The summed E-state index contributed by atoms with van der Waals surface area (Å²) in [7, 11) is -4.64. The van der Waals surface area contributed by atoms with Crippen molar-refractivity contribution >= 4 is 13.5 Å². The van der Waals surface area contributed by atoms with Gasteiger partial charge in [0.05, 0.1) is 0 Å². The van der Waals surface area contributed by atoms with E-state index >= 15 is 0 Å². The van der Waals surface area contributed by atoms with Crippen LogP contribution in [-0.4, -0.2) is 14.7 Å². The first-order chi connectivity index (χ1) is 5.80. The molecule has 5 N–H and O–H groups in total. The number of hydrogen-bond donors (Lipinski definition) is 4. The fourth-order valence-corrected chi connectivity index (χ4v) is 0.587. The molecule has 1 aromatic carbocycles. The van der Waals surface area contributed by atoms with E-state index in [-0.39, 0.29) is 0 Å². The number of aryl methyl sites for hydroxylation is 1. The first-order valence-corrected chi connectivity index (χ1v) is 4.96. The average Bonchev–Trinajstić information content (AvgIpc) is 1.92. The van der Waals surface area contributed by atoms with E-state index in [1.807, 2.05) is 31.2 Å². The summed E-state index contributed by atoms with van der Waals surface area (Å²) in [4.78, 5) is 21.6. The Balaban J connectivity index is 0.000000252. The van der Waals surface area contributed by atoms with E-state index in [9.17, 15) is 0 Å². The molecular weight excluding hydrogens is 193 g/mol. The SMILES string of the molecule is Cc1ccccc1N.O=P(O)(O)O. The van der Waals surface area contributed by atoms with Crippen LogP contribution in [0.25, 0.3) is 0 Å². The van der Waals surface area contributed by atoms with Crippen LogP contribution in [0, 0.1) is 6.92 Å². The lowest BCUT2D eigenvalue weighted by atomic mass is 10.2. The summed E-state index contributed by atoms with van der Waals surface area (Å²) < 4.78 is 8.88. The lowest BCUT2D eigenvalue weighted by molar-refractivity contribution is 0.275. The average molecular weight is 205 g/mol. The molecule has 0 aliphatic carbocycles. The van der Waals surface area contributed by atoms with Gasteiger partial charge < -0.3 is 20.4 Å². The van der Waals surface area contributed by atoms with E-state index in [1.165, 1.54) is 0 Å². The van der Waals surface area contributed by atoms with E-state index in [4.69, 9.17) is 25.0 Å². The predicted octanol–water partition coefficient (Wildman–Crippen LogP) is 0.649. The van der Waals surface area contributed by atoms with Crippen molar-refractivity contribution in [1.82, 2.24) is 0 Å². The van der Waals surface area contributed by atoms with Crippen molar-refractivity contribution in [3.05, 3.63) is 29.8 Å². The molecule has 5 nitrogen and oxygen atoms in total. The summed E-state index contributed by atoms with van der Waals surface area (Å²) in [6.07, 6.45) is 0. The predicted molar refractivity (Wildman–Crippen MR) is 49.9 cm³/mol. The summed E-state index contributed by atoms with van der Waals surface area (Å²) >= 11 is 0. The van der Waals surface area contributed by atoms with Crippen molar-refractivity contribution in [2.24, 2.45) is 0 Å². The molecule has 0 radical (unpaired) electrons. The highest BCUT2D eigenvalue weighted by Gasteiger charge is 2.00. The minimum Gasteiger partial charge on any atom is -0.399 e. The van der Waals surface area contributed by atoms with Crippen LogP contribution < -0.4 is 5.73 Å². The maximum absolute atomic E-state index is 8.88. The molecular formula is C7H12NO4P. The van der Waals surface area contributed by atoms with Crippen LogP contribution in [0.2, 0.25) is 0 Å². The second-order valence-electron chi connectivity index (χ2n) is 2.37. The van der Waals surface area contributed by atoms with Crippen LogP contribution in [0.15, 0.2) is 24.3 Å². The van der Waals surface area contributed by atoms with Gasteiger partial charge in [0.2, 0.25) is 0 Å². The summed E-state index contributed by atoms with van der Waals surface area (Å²) in [6.45, 7) is 2.00. The number of benzene rings is 1. The molecule has 0 aromatic heterocycles. The monoisotopic (exact) mass is 205 g/mol. The highest BCUT2D eigenvalue weighted by atomic mass is 31.2. The Hall–Kier alpha value is -0.870. The second-order valence-corrected chi connectivity index (χ2v) is 3.40. The largest absolute Gasteiger partial charge is 0.466 e. The molecule has 0 saturated heterocycles. The van der Waals surface area contributed by atoms with Gasteiger partial charge in [0, 0.05) is 5.69 Å². The summed E-state index contributed by atoms with van der Waals surface area (Å²) in [6, 6.07) is 7.80. The van der Waals surface area contributed by atoms with Crippen LogP contribution in [0.4, 0.5) is 5.69 Å². The molecule has 0 spiro atoms. The van der Waals surface area contributed by atoms with Crippen molar-refractivity contribution < 1.29 is 19.2 Å². The van der Waals surface area contributed by atoms with Gasteiger partial charge in [0.15, 0.2) is 0 Å². The van der Waals surface area contributed by atoms with Gasteiger partial charge >= 0.3 is 7.82 Å². The molecule has 0 unspecified atom stereocenters. The van der Waals surface area contributed by atoms with E-state index in [0.29, 0.717) is 0 Å². The number of anilines is 1. The maximum atomic E-state index is 8.88. The molecule has 13 heavy (non-hydrogen) atoms. The fraction of sp³-hybridized carbons (Fsp3) is 0.143. The van der Waals surface area contributed by atoms with Crippen LogP contribution in [-0.2, 0) is 4.57 Å². The highest BCUT2D eigenvalue weighted by molar-refractivity contribution is 7.45. The van der Waals surface area contributed by atoms with Gasteiger partial charge in [0.1, 0.15) is 0 Å². The van der Waals surface area contributed by atoms with Crippen LogP contribution >= 0.6 is 7.82 Å². The quantitative estimate of drug-likeness (QED) is 0.367. The Kier molecular flexibility index (Phi) is 4.66. The van der Waals surface area contributed by atoms with Gasteiger partial charge in [-0.25, -0.2) is 4.57 Å². The van der Waals surface area contributed by atoms with Crippen LogP contribution in [0.3, 0.4) is 0 Å². The lowest BCUT2D eigenvalue weighted by Gasteiger charge is -1.93. The molecule has 0 aliphatic heterocycles. The van der Waals surface area contributed by atoms with Crippen molar-refractivity contribution in [2.75, 3.05) is 5.73 Å². The lowest BCUT2D eigenvalue weighted by Crippen LogP contribution is -1.85. The summed E-state index contributed by atoms with van der Waals surface area (Å²) in [5, 5.41) is 0. The van der Waals surface area contributed by atoms with Crippen molar-refractivity contribution in [2.45, 2.75) is 6.92 Å². The number of hydrogen-bond acceptors (Lipinski definition) is 2. The molecule has 6 heteroatoms. The Morgan fingerprint density at radius 3 is 1.85 bits per heavy atom. The molecule has 0 bridgehead atoms. The molecule has 0 fully saturated rings. The van der Waals surface area contributed by atoms with Crippen molar-refractivity contribution in [1.29, 1.82) is 0 Å². The Bertz CT molecular complexity index is 280. The maximum Gasteiger partial charge on any atom is 0.466 e. The zero-order chi connectivity index (χ0) is 10.5. The molecule has 0 aliphatic rings. The number of phosphoric acid groups is 1. The third-order valence-electron chi connectivity index (χ3n) is 1.19. The first kappa shape index (κ1) is 12.1. The zero-order valence-electron chi connectivity index (χ0n) is 7.08. The van der Waals surface area contributed by atoms with Gasteiger partial charge in [0.25, 0.3) is 0 Å². The van der Waals surface area contributed by atoms with E-state index in [0.717, 1.165) is 11.3 Å². The van der Waals surface area contributed by atoms with E-state index in [2.05, 4.69) is 0 Å². The van der Waals surface area contributed by atoms with Crippen molar-refractivity contribution in [3.63, 3.8) is 0 Å². The molecule has 0 saturated carbocycles. The number of para-hydroxylation sites is 1. The fourth-order valence-electron chi connectivity index (χ4n) is 0.587. The summed E-state index contributed by atoms with van der Waals surface area (Å²) in [5.74, 6) is 0. The van der Waals surface area contributed by atoms with Gasteiger partial charge in [-0.2, -0.15) is 0 Å². The number of rotatable bonds is 0. The van der Waals surface area contributed by atoms with Crippen molar-refractivity contribution in [3.8, 4) is 0 Å². The van der Waals surface area contributed by atoms with Gasteiger partial charge in [-0.1, -0.05) is 18.2 Å². The Labute approximate surface area is 76.1 Å². The normalized spacial score (nSPS) is 10.2. The molecule has 0 atom stereocenters. The third-order valence-corrected chi connectivity index (χ3v) is 1.19. The van der Waals surface area contributed by atoms with Crippen LogP contribution in [0.1, 0.15) is 5.56 Å². The Morgan fingerprint density at radius 1 is 1.23 bits per heavy atom. The van der Waals surface area contributed by atoms with Gasteiger partial charge in [-0.15, -0.1) is 0 Å². The van der Waals surface area contributed by atoms with E-state index < -0.39 is 7.82 Å². The smallest absolute Gasteiger partial charge is 0.399 e. The van der Waals surface area contributed by atoms with Gasteiger partial charge in [-0.05, 0) is 18.6 Å². The number of nitrogen functional groups attached to an aromatic ring is 1. The second kappa shape index (κ2) is 4.99. The standard InChI is InChI=1S/C7H9N.H3O4P/c1-6-4-2-3-5-7(6)8;1-5(2,3)4/h2-5H,8H2,1H3;(H3,1,2,3,4). The highest BCUT2D eigenvalue weighted by Crippen LogP contribution is 2.25.